The first-order chi connectivity index (χ1) is 16.1. The first kappa shape index (κ1) is 22.9. The van der Waals surface area contributed by atoms with Crippen LogP contribution in [0.15, 0.2) is 69.6 Å². The van der Waals surface area contributed by atoms with E-state index in [-0.39, 0.29) is 28.0 Å². The van der Waals surface area contributed by atoms with Crippen molar-refractivity contribution in [2.75, 3.05) is 4.72 Å². The van der Waals surface area contributed by atoms with E-state index in [2.05, 4.69) is 24.8 Å². The van der Waals surface area contributed by atoms with Crippen molar-refractivity contribution in [2.24, 2.45) is 0 Å². The number of H-pyrrole nitrogens is 1. The van der Waals surface area contributed by atoms with Gasteiger partial charge in [-0.05, 0) is 42.8 Å². The van der Waals surface area contributed by atoms with Crippen molar-refractivity contribution in [3.63, 3.8) is 0 Å². The molecule has 3 N–H and O–H groups in total. The van der Waals surface area contributed by atoms with E-state index in [1.807, 2.05) is 0 Å². The van der Waals surface area contributed by atoms with Crippen molar-refractivity contribution in [3.8, 4) is 22.9 Å². The zero-order valence-electron chi connectivity index (χ0n) is 17.3. The number of phenols is 1. The number of ether oxygens (including phenoxy) is 1. The van der Waals surface area contributed by atoms with E-state index in [1.165, 1.54) is 30.7 Å². The van der Waals surface area contributed by atoms with Crippen LogP contribution in [-0.4, -0.2) is 38.3 Å². The third-order valence-electron chi connectivity index (χ3n) is 4.43. The molecule has 0 fully saturated rings. The monoisotopic (exact) mass is 502 g/mol. The molecule has 34 heavy (non-hydrogen) atoms. The third-order valence-corrected chi connectivity index (χ3v) is 6.10. The zero-order valence-corrected chi connectivity index (χ0v) is 18.8. The molecule has 0 saturated carbocycles. The van der Waals surface area contributed by atoms with Crippen LogP contribution in [0.2, 0.25) is 5.02 Å². The Kier molecular flexibility index (Phi) is 6.04. The molecular formula is C20H15ClN6O6S. The molecule has 0 aliphatic heterocycles. The minimum Gasteiger partial charge on any atom is -0.507 e. The summed E-state index contributed by atoms with van der Waals surface area (Å²) in [5.41, 5.74) is -0.629. The number of nitrogens with zero attached hydrogens (tertiary/aromatic N) is 4. The van der Waals surface area contributed by atoms with Crippen molar-refractivity contribution in [2.45, 2.75) is 11.8 Å². The normalized spacial score (nSPS) is 11.2. The van der Waals surface area contributed by atoms with Gasteiger partial charge >= 0.3 is 5.69 Å². The summed E-state index contributed by atoms with van der Waals surface area (Å²) in [4.78, 5) is 32.4. The Morgan fingerprint density at radius 3 is 2.65 bits per heavy atom. The van der Waals surface area contributed by atoms with Crippen molar-refractivity contribution in [1.82, 2.24) is 24.7 Å². The van der Waals surface area contributed by atoms with Gasteiger partial charge in [0, 0.05) is 12.3 Å². The lowest BCUT2D eigenvalue weighted by Gasteiger charge is -2.14. The van der Waals surface area contributed by atoms with Gasteiger partial charge in [0.15, 0.2) is 0 Å². The molecule has 0 saturated heterocycles. The summed E-state index contributed by atoms with van der Waals surface area (Å²) < 4.78 is 34.5. The molecule has 12 nitrogen and oxygen atoms in total. The van der Waals surface area contributed by atoms with Crippen LogP contribution < -0.4 is 20.7 Å². The molecule has 2 heterocycles. The fourth-order valence-corrected chi connectivity index (χ4v) is 4.36. The van der Waals surface area contributed by atoms with Gasteiger partial charge in [-0.3, -0.25) is 14.5 Å². The van der Waals surface area contributed by atoms with Gasteiger partial charge in [-0.25, -0.2) is 23.2 Å². The maximum atomic E-state index is 12.7. The van der Waals surface area contributed by atoms with Crippen LogP contribution in [0.25, 0.3) is 5.69 Å². The first-order valence-electron chi connectivity index (χ1n) is 9.43. The molecule has 174 valence electrons. The van der Waals surface area contributed by atoms with Crippen molar-refractivity contribution >= 4 is 27.4 Å². The largest absolute Gasteiger partial charge is 0.507 e. The molecular weight excluding hydrogens is 488 g/mol. The van der Waals surface area contributed by atoms with Crippen LogP contribution in [0.3, 0.4) is 0 Å². The summed E-state index contributed by atoms with van der Waals surface area (Å²) >= 11 is 6.35. The second kappa shape index (κ2) is 8.96. The first-order valence-corrected chi connectivity index (χ1v) is 11.3. The predicted molar refractivity (Wildman–Crippen MR) is 121 cm³/mol. The van der Waals surface area contributed by atoms with Crippen molar-refractivity contribution in [3.05, 3.63) is 86.5 Å². The molecule has 0 unspecified atom stereocenters. The average molecular weight is 503 g/mol. The predicted octanol–water partition coefficient (Wildman–Crippen LogP) is 1.97. The lowest BCUT2D eigenvalue weighted by atomic mass is 10.2. The van der Waals surface area contributed by atoms with E-state index >= 15 is 0 Å². The van der Waals surface area contributed by atoms with E-state index in [4.69, 9.17) is 16.3 Å². The fraction of sp³-hybridized carbons (Fsp3) is 0.0500. The molecule has 0 aliphatic rings. The standard InChI is InChI=1S/C20H15ClN6O6S/c1-11-6-12(27-20(30)25-18(29)9-24-27)7-14(21)19(11)33-13-2-3-15(28)16(8-13)34(31,32)26-17-4-5-22-10-23-17/h2-10,28H,1H3,(H,22,23,26)(H,25,29,30). The van der Waals surface area contributed by atoms with E-state index in [0.29, 0.717) is 5.56 Å². The van der Waals surface area contributed by atoms with Gasteiger partial charge in [0.2, 0.25) is 0 Å². The highest BCUT2D eigenvalue weighted by atomic mass is 35.5. The zero-order chi connectivity index (χ0) is 24.5. The van der Waals surface area contributed by atoms with E-state index in [9.17, 15) is 23.1 Å². The molecule has 4 rings (SSSR count). The Labute approximate surface area is 196 Å². The Morgan fingerprint density at radius 2 is 1.97 bits per heavy atom. The molecule has 14 heteroatoms. The fourth-order valence-electron chi connectivity index (χ4n) is 2.94. The van der Waals surface area contributed by atoms with Crippen LogP contribution in [0, 0.1) is 6.92 Å². The van der Waals surface area contributed by atoms with Crippen LogP contribution in [0.5, 0.6) is 17.2 Å². The lowest BCUT2D eigenvalue weighted by Crippen LogP contribution is -2.30. The van der Waals surface area contributed by atoms with Gasteiger partial charge in [-0.15, -0.1) is 0 Å². The molecule has 0 spiro atoms. The number of nitrogens with one attached hydrogen (secondary N) is 2. The minimum atomic E-state index is -4.21. The van der Waals surface area contributed by atoms with Crippen molar-refractivity contribution < 1.29 is 18.3 Å². The quantitative estimate of drug-likeness (QED) is 0.356. The summed E-state index contributed by atoms with van der Waals surface area (Å²) in [6, 6.07) is 7.93. The van der Waals surface area contributed by atoms with Crippen molar-refractivity contribution in [1.29, 1.82) is 0 Å². The summed E-state index contributed by atoms with van der Waals surface area (Å²) in [6.07, 6.45) is 3.47. The van der Waals surface area contributed by atoms with Gasteiger partial charge in [-0.1, -0.05) is 11.6 Å². The Bertz CT molecular complexity index is 1580. The average Bonchev–Trinajstić information content (AvgIpc) is 2.77. The number of halogens is 1. The van der Waals surface area contributed by atoms with Gasteiger partial charge in [0.25, 0.3) is 15.6 Å². The second-order valence-electron chi connectivity index (χ2n) is 6.86. The van der Waals surface area contributed by atoms with Gasteiger partial charge < -0.3 is 9.84 Å². The summed E-state index contributed by atoms with van der Waals surface area (Å²) in [5.74, 6) is -0.240. The number of phenolic OH excluding ortho intramolecular Hbond substituents is 1. The van der Waals surface area contributed by atoms with E-state index in [0.717, 1.165) is 23.0 Å². The van der Waals surface area contributed by atoms with Crippen LogP contribution in [-0.2, 0) is 10.0 Å². The molecule has 0 atom stereocenters. The van der Waals surface area contributed by atoms with Gasteiger partial charge in [0.05, 0.1) is 10.7 Å². The molecule has 2 aromatic heterocycles. The maximum Gasteiger partial charge on any atom is 0.349 e. The number of sulfonamides is 1. The summed E-state index contributed by atoms with van der Waals surface area (Å²) in [7, 11) is -4.21. The smallest absolute Gasteiger partial charge is 0.349 e. The molecule has 0 radical (unpaired) electrons. The van der Waals surface area contributed by atoms with Gasteiger partial charge in [-0.2, -0.15) is 9.78 Å². The number of aromatic hydroxyl groups is 1. The summed E-state index contributed by atoms with van der Waals surface area (Å²) in [6.45, 7) is 1.65. The number of aromatic amines is 1. The third kappa shape index (κ3) is 4.74. The highest BCUT2D eigenvalue weighted by Gasteiger charge is 2.21. The highest BCUT2D eigenvalue weighted by molar-refractivity contribution is 7.92. The number of hydrogen-bond acceptors (Lipinski definition) is 9. The maximum absolute atomic E-state index is 12.7. The lowest BCUT2D eigenvalue weighted by molar-refractivity contribution is 0.448. The number of anilines is 1. The number of aryl methyl sites for hydroxylation is 1. The Balaban J connectivity index is 1.67. The van der Waals surface area contributed by atoms with E-state index in [1.54, 1.807) is 13.0 Å². The number of rotatable bonds is 6. The summed E-state index contributed by atoms with van der Waals surface area (Å²) in [5, 5.41) is 14.0. The Morgan fingerprint density at radius 1 is 1.18 bits per heavy atom. The van der Waals surface area contributed by atoms with Gasteiger partial charge in [0.1, 0.15) is 40.5 Å². The number of benzene rings is 2. The molecule has 0 amide bonds. The molecule has 0 aliphatic carbocycles. The van der Waals surface area contributed by atoms with Crippen LogP contribution in [0.4, 0.5) is 5.82 Å². The SMILES string of the molecule is Cc1cc(-n2ncc(=O)[nH]c2=O)cc(Cl)c1Oc1ccc(O)c(S(=O)(=O)Nc2ccncn2)c1. The highest BCUT2D eigenvalue weighted by Crippen LogP contribution is 2.37. The molecule has 2 aromatic carbocycles. The van der Waals surface area contributed by atoms with E-state index < -0.39 is 31.9 Å². The van der Waals surface area contributed by atoms with Crippen LogP contribution in [0.1, 0.15) is 5.56 Å². The molecule has 0 bridgehead atoms. The van der Waals surface area contributed by atoms with Crippen LogP contribution >= 0.6 is 11.6 Å². The number of aromatic nitrogens is 5. The Hall–Kier alpha value is -4.23. The molecule has 4 aromatic rings. The second-order valence-corrected chi connectivity index (χ2v) is 8.91. The number of hydrogen-bond donors (Lipinski definition) is 3. The minimum absolute atomic E-state index is 0.0151. The topological polar surface area (TPSA) is 169 Å².